The third-order valence-corrected chi connectivity index (χ3v) is 4.28. The van der Waals surface area contributed by atoms with E-state index in [1.807, 2.05) is 18.3 Å². The Hall–Kier alpha value is -1.11. The summed E-state index contributed by atoms with van der Waals surface area (Å²) in [6, 6.07) is 4.03. The van der Waals surface area contributed by atoms with Crippen molar-refractivity contribution in [2.24, 2.45) is 5.92 Å². The average Bonchev–Trinajstić information content (AvgIpc) is 2.96. The highest BCUT2D eigenvalue weighted by atomic mass is 32.1. The lowest BCUT2D eigenvalue weighted by Gasteiger charge is -2.32. The number of carbonyl (C=O) groups excluding carboxylic acids is 1. The molecule has 2 amide bonds. The number of likely N-dealkylation sites (tertiary alicyclic amines) is 1. The summed E-state index contributed by atoms with van der Waals surface area (Å²) >= 11 is 1.81. The SMILES string of the molecule is CCONC(=O)NC[C@H]1CCCN(Cc2cccs2)C1. The summed E-state index contributed by atoms with van der Waals surface area (Å²) in [5.74, 6) is 0.524. The summed E-state index contributed by atoms with van der Waals surface area (Å²) in [4.78, 5) is 20.2. The Labute approximate surface area is 124 Å². The molecule has 0 aliphatic carbocycles. The molecule has 0 bridgehead atoms. The average molecular weight is 297 g/mol. The van der Waals surface area contributed by atoms with Crippen LogP contribution in [0, 0.1) is 5.92 Å². The number of amides is 2. The lowest BCUT2D eigenvalue weighted by atomic mass is 9.98. The number of hydroxylamine groups is 1. The molecule has 20 heavy (non-hydrogen) atoms. The molecule has 0 unspecified atom stereocenters. The van der Waals surface area contributed by atoms with Crippen LogP contribution in [0.25, 0.3) is 0 Å². The minimum Gasteiger partial charge on any atom is -0.336 e. The number of urea groups is 1. The van der Waals surface area contributed by atoms with Gasteiger partial charge in [-0.2, -0.15) is 0 Å². The normalized spacial score (nSPS) is 19.8. The first kappa shape index (κ1) is 15.3. The molecule has 0 radical (unpaired) electrons. The predicted molar refractivity (Wildman–Crippen MR) is 80.5 cm³/mol. The van der Waals surface area contributed by atoms with E-state index >= 15 is 0 Å². The number of rotatable bonds is 6. The zero-order valence-corrected chi connectivity index (χ0v) is 12.7. The number of piperidine rings is 1. The Morgan fingerprint density at radius 2 is 2.50 bits per heavy atom. The second kappa shape index (κ2) is 8.24. The molecule has 2 heterocycles. The van der Waals surface area contributed by atoms with E-state index in [1.165, 1.54) is 17.7 Å². The summed E-state index contributed by atoms with van der Waals surface area (Å²) in [6.07, 6.45) is 2.38. The molecule has 1 aliphatic rings. The minimum atomic E-state index is -0.248. The summed E-state index contributed by atoms with van der Waals surface area (Å²) in [7, 11) is 0. The van der Waals surface area contributed by atoms with Crippen molar-refractivity contribution >= 4 is 17.4 Å². The highest BCUT2D eigenvalue weighted by Gasteiger charge is 2.20. The maximum Gasteiger partial charge on any atom is 0.338 e. The Morgan fingerprint density at radius 1 is 1.60 bits per heavy atom. The molecule has 1 saturated heterocycles. The van der Waals surface area contributed by atoms with Crippen molar-refractivity contribution in [2.75, 3.05) is 26.2 Å². The first-order chi connectivity index (χ1) is 9.78. The zero-order chi connectivity index (χ0) is 14.2. The summed E-state index contributed by atoms with van der Waals surface area (Å²) in [5.41, 5.74) is 2.36. The van der Waals surface area contributed by atoms with Crippen LogP contribution < -0.4 is 10.8 Å². The van der Waals surface area contributed by atoms with Crippen molar-refractivity contribution in [1.29, 1.82) is 0 Å². The van der Waals surface area contributed by atoms with Gasteiger partial charge in [-0.25, -0.2) is 10.3 Å². The van der Waals surface area contributed by atoms with E-state index in [2.05, 4.69) is 33.2 Å². The molecule has 2 N–H and O–H groups in total. The predicted octanol–water partition coefficient (Wildman–Crippen LogP) is 2.21. The van der Waals surface area contributed by atoms with Gasteiger partial charge in [0, 0.05) is 24.5 Å². The van der Waals surface area contributed by atoms with Gasteiger partial charge in [-0.15, -0.1) is 11.3 Å². The molecule has 1 fully saturated rings. The lowest BCUT2D eigenvalue weighted by molar-refractivity contribution is 0.0695. The quantitative estimate of drug-likeness (QED) is 0.792. The third kappa shape index (κ3) is 5.11. The molecular weight excluding hydrogens is 274 g/mol. The van der Waals surface area contributed by atoms with E-state index in [0.717, 1.165) is 19.6 Å². The molecule has 0 saturated carbocycles. The Bertz CT molecular complexity index is 397. The largest absolute Gasteiger partial charge is 0.338 e. The van der Waals surface area contributed by atoms with E-state index in [4.69, 9.17) is 4.84 Å². The van der Waals surface area contributed by atoms with E-state index in [9.17, 15) is 4.79 Å². The Morgan fingerprint density at radius 3 is 3.25 bits per heavy atom. The molecule has 6 heteroatoms. The van der Waals surface area contributed by atoms with Gasteiger partial charge in [-0.3, -0.25) is 9.74 Å². The van der Waals surface area contributed by atoms with Crippen molar-refractivity contribution in [2.45, 2.75) is 26.3 Å². The van der Waals surface area contributed by atoms with Gasteiger partial charge in [0.05, 0.1) is 6.61 Å². The molecule has 5 nitrogen and oxygen atoms in total. The number of nitrogens with one attached hydrogen (secondary N) is 2. The monoisotopic (exact) mass is 297 g/mol. The fourth-order valence-corrected chi connectivity index (χ4v) is 3.24. The fourth-order valence-electron chi connectivity index (χ4n) is 2.50. The molecule has 1 aromatic heterocycles. The van der Waals surface area contributed by atoms with Gasteiger partial charge in [0.2, 0.25) is 0 Å². The number of carbonyl (C=O) groups is 1. The van der Waals surface area contributed by atoms with Crippen LogP contribution >= 0.6 is 11.3 Å². The zero-order valence-electron chi connectivity index (χ0n) is 11.9. The van der Waals surface area contributed by atoms with E-state index in [1.54, 1.807) is 0 Å². The van der Waals surface area contributed by atoms with Crippen LogP contribution in [-0.2, 0) is 11.4 Å². The first-order valence-corrected chi connectivity index (χ1v) is 8.06. The molecule has 2 rings (SSSR count). The Kier molecular flexibility index (Phi) is 6.29. The van der Waals surface area contributed by atoms with Gasteiger partial charge in [-0.05, 0) is 43.7 Å². The Balaban J connectivity index is 1.69. The van der Waals surface area contributed by atoms with E-state index in [-0.39, 0.29) is 6.03 Å². The van der Waals surface area contributed by atoms with Crippen molar-refractivity contribution in [3.8, 4) is 0 Å². The second-order valence-corrected chi connectivity index (χ2v) is 6.10. The molecule has 1 atom stereocenters. The maximum atomic E-state index is 11.4. The van der Waals surface area contributed by atoms with Crippen molar-refractivity contribution < 1.29 is 9.63 Å². The molecule has 0 aromatic carbocycles. The maximum absolute atomic E-state index is 11.4. The first-order valence-electron chi connectivity index (χ1n) is 7.18. The van der Waals surface area contributed by atoms with Crippen molar-refractivity contribution in [3.05, 3.63) is 22.4 Å². The minimum absolute atomic E-state index is 0.248. The topological polar surface area (TPSA) is 53.6 Å². The number of nitrogens with zero attached hydrogens (tertiary/aromatic N) is 1. The molecule has 1 aromatic rings. The van der Waals surface area contributed by atoms with E-state index < -0.39 is 0 Å². The van der Waals surface area contributed by atoms with Gasteiger partial charge >= 0.3 is 6.03 Å². The van der Waals surface area contributed by atoms with Gasteiger partial charge in [0.25, 0.3) is 0 Å². The van der Waals surface area contributed by atoms with Gasteiger partial charge in [-0.1, -0.05) is 6.07 Å². The second-order valence-electron chi connectivity index (χ2n) is 5.07. The number of hydrogen-bond acceptors (Lipinski definition) is 4. The number of thiophene rings is 1. The van der Waals surface area contributed by atoms with Crippen molar-refractivity contribution in [3.63, 3.8) is 0 Å². The highest BCUT2D eigenvalue weighted by molar-refractivity contribution is 7.09. The van der Waals surface area contributed by atoms with Gasteiger partial charge in [0.1, 0.15) is 0 Å². The van der Waals surface area contributed by atoms with Gasteiger partial charge in [0.15, 0.2) is 0 Å². The molecule has 0 spiro atoms. The van der Waals surface area contributed by atoms with Crippen LogP contribution in [0.15, 0.2) is 17.5 Å². The van der Waals surface area contributed by atoms with Crippen LogP contribution in [0.5, 0.6) is 0 Å². The van der Waals surface area contributed by atoms with Crippen LogP contribution in [0.1, 0.15) is 24.6 Å². The molecule has 112 valence electrons. The van der Waals surface area contributed by atoms with Crippen LogP contribution in [-0.4, -0.2) is 37.2 Å². The van der Waals surface area contributed by atoms with Crippen LogP contribution in [0.3, 0.4) is 0 Å². The third-order valence-electron chi connectivity index (χ3n) is 3.42. The lowest BCUT2D eigenvalue weighted by Crippen LogP contribution is -2.43. The standard InChI is InChI=1S/C14H23N3O2S/c1-2-19-16-14(18)15-9-12-5-3-7-17(10-12)11-13-6-4-8-20-13/h4,6,8,12H,2-3,5,7,9-11H2,1H3,(H2,15,16,18)/t12-/m1/s1. The van der Waals surface area contributed by atoms with E-state index in [0.29, 0.717) is 19.1 Å². The fraction of sp³-hybridized carbons (Fsp3) is 0.643. The number of hydrogen-bond donors (Lipinski definition) is 2. The summed E-state index contributed by atoms with van der Waals surface area (Å²) < 4.78 is 0. The van der Waals surface area contributed by atoms with Crippen molar-refractivity contribution in [1.82, 2.24) is 15.7 Å². The molecule has 1 aliphatic heterocycles. The van der Waals surface area contributed by atoms with Crippen LogP contribution in [0.4, 0.5) is 4.79 Å². The summed E-state index contributed by atoms with van der Waals surface area (Å²) in [6.45, 7) is 6.25. The highest BCUT2D eigenvalue weighted by Crippen LogP contribution is 2.19. The summed E-state index contributed by atoms with van der Waals surface area (Å²) in [5, 5.41) is 4.99. The molecular formula is C14H23N3O2S. The van der Waals surface area contributed by atoms with Crippen LogP contribution in [0.2, 0.25) is 0 Å². The van der Waals surface area contributed by atoms with Gasteiger partial charge < -0.3 is 5.32 Å². The smallest absolute Gasteiger partial charge is 0.336 e.